The van der Waals surface area contributed by atoms with Gasteiger partial charge < -0.3 is 5.32 Å². The molecule has 4 nitrogen and oxygen atoms in total. The van der Waals surface area contributed by atoms with Crippen LogP contribution < -0.4 is 5.32 Å². The van der Waals surface area contributed by atoms with E-state index in [1.807, 2.05) is 35.7 Å². The van der Waals surface area contributed by atoms with Crippen LogP contribution in [0.1, 0.15) is 5.69 Å². The number of fused-ring (bicyclic) bond motifs is 1. The maximum absolute atomic E-state index is 13.3. The van der Waals surface area contributed by atoms with Gasteiger partial charge in [-0.25, -0.2) is 18.7 Å². The van der Waals surface area contributed by atoms with Crippen molar-refractivity contribution in [1.29, 1.82) is 0 Å². The maximum Gasteiger partial charge on any atom is 0.232 e. The minimum Gasteiger partial charge on any atom is -0.302 e. The monoisotopic (exact) mass is 387 g/mol. The van der Waals surface area contributed by atoms with Crippen molar-refractivity contribution in [3.8, 4) is 10.6 Å². The van der Waals surface area contributed by atoms with Gasteiger partial charge in [0.15, 0.2) is 16.8 Å². The minimum atomic E-state index is -0.961. The van der Waals surface area contributed by atoms with Crippen molar-refractivity contribution in [3.63, 3.8) is 0 Å². The molecule has 2 aromatic carbocycles. The number of anilines is 1. The molecular weight excluding hydrogens is 376 g/mol. The van der Waals surface area contributed by atoms with Crippen LogP contribution in [0.3, 0.4) is 0 Å². The number of rotatable bonds is 4. The molecule has 0 aliphatic heterocycles. The lowest BCUT2D eigenvalue weighted by Crippen LogP contribution is -2.14. The van der Waals surface area contributed by atoms with Gasteiger partial charge in [-0.15, -0.1) is 11.3 Å². The summed E-state index contributed by atoms with van der Waals surface area (Å²) in [5, 5.41) is 5.64. The molecule has 0 aliphatic rings. The topological polar surface area (TPSA) is 54.9 Å². The third-order valence-electron chi connectivity index (χ3n) is 3.59. The molecule has 0 atom stereocenters. The fourth-order valence-corrected chi connectivity index (χ4v) is 4.12. The summed E-state index contributed by atoms with van der Waals surface area (Å²) in [6.45, 7) is 0. The summed E-state index contributed by atoms with van der Waals surface area (Å²) < 4.78 is 27.0. The number of benzene rings is 2. The first kappa shape index (κ1) is 16.7. The Balaban J connectivity index is 1.47. The van der Waals surface area contributed by atoms with Crippen LogP contribution in [-0.2, 0) is 11.2 Å². The second-order valence-corrected chi connectivity index (χ2v) is 7.38. The fraction of sp³-hybridized carbons (Fsp3) is 0.0556. The molecule has 8 heteroatoms. The molecule has 0 spiro atoms. The summed E-state index contributed by atoms with van der Waals surface area (Å²) in [4.78, 5) is 20.8. The molecule has 1 N–H and O–H groups in total. The van der Waals surface area contributed by atoms with Crippen LogP contribution in [0.5, 0.6) is 0 Å². The molecule has 2 aromatic heterocycles. The third kappa shape index (κ3) is 3.47. The Labute approximate surface area is 155 Å². The van der Waals surface area contributed by atoms with Crippen LogP contribution in [0.15, 0.2) is 47.8 Å². The van der Waals surface area contributed by atoms with Crippen LogP contribution in [0.2, 0.25) is 0 Å². The second-order valence-electron chi connectivity index (χ2n) is 5.49. The van der Waals surface area contributed by atoms with Gasteiger partial charge >= 0.3 is 0 Å². The van der Waals surface area contributed by atoms with E-state index in [1.54, 1.807) is 0 Å². The van der Waals surface area contributed by atoms with Crippen molar-refractivity contribution in [2.75, 3.05) is 5.32 Å². The molecule has 0 unspecified atom stereocenters. The van der Waals surface area contributed by atoms with Crippen LogP contribution in [0.4, 0.5) is 13.9 Å². The first-order valence-electron chi connectivity index (χ1n) is 7.64. The van der Waals surface area contributed by atoms with Gasteiger partial charge in [-0.2, -0.15) is 0 Å². The van der Waals surface area contributed by atoms with Crippen LogP contribution in [-0.4, -0.2) is 15.9 Å². The van der Waals surface area contributed by atoms with Gasteiger partial charge in [0.05, 0.1) is 22.3 Å². The molecule has 0 saturated heterocycles. The van der Waals surface area contributed by atoms with E-state index in [2.05, 4.69) is 15.3 Å². The number of hydrogen-bond acceptors (Lipinski definition) is 5. The van der Waals surface area contributed by atoms with E-state index in [4.69, 9.17) is 0 Å². The predicted octanol–water partition coefficient (Wildman–Crippen LogP) is 4.88. The first-order valence-corrected chi connectivity index (χ1v) is 9.33. The summed E-state index contributed by atoms with van der Waals surface area (Å²) in [6, 6.07) is 11.8. The number of carbonyl (C=O) groups is 1. The smallest absolute Gasteiger partial charge is 0.232 e. The van der Waals surface area contributed by atoms with Gasteiger partial charge in [-0.3, -0.25) is 4.79 Å². The van der Waals surface area contributed by atoms with E-state index >= 15 is 0 Å². The van der Waals surface area contributed by atoms with Gasteiger partial charge in [-0.1, -0.05) is 41.7 Å². The van der Waals surface area contributed by atoms with Crippen LogP contribution >= 0.6 is 22.7 Å². The molecule has 26 heavy (non-hydrogen) atoms. The van der Waals surface area contributed by atoms with Gasteiger partial charge in [0.2, 0.25) is 5.91 Å². The van der Waals surface area contributed by atoms with Crippen molar-refractivity contribution < 1.29 is 13.6 Å². The number of aromatic nitrogens is 2. The standard InChI is InChI=1S/C18H11F2N3OS2/c19-12-7-14-15(8-13(12)20)26-18(22-14)23-16(24)6-11-9-25-17(21-11)10-4-2-1-3-5-10/h1-5,7-9H,6H2,(H,22,23,24). The molecular formula is C18H11F2N3OS2. The van der Waals surface area contributed by atoms with E-state index in [1.165, 1.54) is 11.3 Å². The molecule has 2 heterocycles. The predicted molar refractivity (Wildman–Crippen MR) is 99.4 cm³/mol. The zero-order valence-electron chi connectivity index (χ0n) is 13.2. The highest BCUT2D eigenvalue weighted by Crippen LogP contribution is 2.28. The highest BCUT2D eigenvalue weighted by Gasteiger charge is 2.13. The lowest BCUT2D eigenvalue weighted by atomic mass is 10.2. The van der Waals surface area contributed by atoms with E-state index in [0.717, 1.165) is 34.0 Å². The summed E-state index contributed by atoms with van der Waals surface area (Å²) in [6.07, 6.45) is 0.0992. The summed E-state index contributed by atoms with van der Waals surface area (Å²) >= 11 is 2.56. The fourth-order valence-electron chi connectivity index (χ4n) is 2.41. The van der Waals surface area contributed by atoms with E-state index < -0.39 is 11.6 Å². The lowest BCUT2D eigenvalue weighted by Gasteiger charge is -1.99. The molecule has 0 saturated carbocycles. The van der Waals surface area contributed by atoms with Crippen LogP contribution in [0, 0.1) is 11.6 Å². The lowest BCUT2D eigenvalue weighted by molar-refractivity contribution is -0.115. The summed E-state index contributed by atoms with van der Waals surface area (Å²) in [5.41, 5.74) is 1.97. The number of amides is 1. The van der Waals surface area contributed by atoms with Gasteiger partial charge in [0, 0.05) is 17.0 Å². The largest absolute Gasteiger partial charge is 0.302 e. The van der Waals surface area contributed by atoms with Crippen molar-refractivity contribution in [1.82, 2.24) is 9.97 Å². The maximum atomic E-state index is 13.3. The number of thiazole rings is 2. The van der Waals surface area contributed by atoms with Gasteiger partial charge in [-0.05, 0) is 6.07 Å². The summed E-state index contributed by atoms with van der Waals surface area (Å²) in [5.74, 6) is -2.18. The van der Waals surface area contributed by atoms with E-state index in [9.17, 15) is 13.6 Å². The van der Waals surface area contributed by atoms with Crippen molar-refractivity contribution in [3.05, 3.63) is 65.2 Å². The van der Waals surface area contributed by atoms with Gasteiger partial charge in [0.25, 0.3) is 0 Å². The van der Waals surface area contributed by atoms with Gasteiger partial charge in [0.1, 0.15) is 5.01 Å². The molecule has 130 valence electrons. The molecule has 0 fully saturated rings. The van der Waals surface area contributed by atoms with Crippen molar-refractivity contribution in [2.45, 2.75) is 6.42 Å². The SMILES string of the molecule is O=C(Cc1csc(-c2ccccc2)n1)Nc1nc2cc(F)c(F)cc2s1. The molecule has 0 radical (unpaired) electrons. The molecule has 1 amide bonds. The summed E-state index contributed by atoms with van der Waals surface area (Å²) in [7, 11) is 0. The number of hydrogen-bond donors (Lipinski definition) is 1. The minimum absolute atomic E-state index is 0.0992. The molecule has 4 rings (SSSR count). The Morgan fingerprint density at radius 2 is 1.85 bits per heavy atom. The Bertz CT molecular complexity index is 1050. The zero-order chi connectivity index (χ0) is 18.1. The number of halogens is 2. The van der Waals surface area contributed by atoms with Crippen molar-refractivity contribution in [2.24, 2.45) is 0 Å². The number of nitrogens with zero attached hydrogens (tertiary/aromatic N) is 2. The van der Waals surface area contributed by atoms with Crippen LogP contribution in [0.25, 0.3) is 20.8 Å². The second kappa shape index (κ2) is 6.89. The quantitative estimate of drug-likeness (QED) is 0.543. The Morgan fingerprint density at radius 3 is 2.65 bits per heavy atom. The number of nitrogens with one attached hydrogen (secondary N) is 1. The average molecular weight is 387 g/mol. The normalized spacial score (nSPS) is 11.0. The first-order chi connectivity index (χ1) is 12.6. The average Bonchev–Trinajstić information content (AvgIpc) is 3.22. The molecule has 0 aliphatic carbocycles. The Hall–Kier alpha value is -2.71. The highest BCUT2D eigenvalue weighted by atomic mass is 32.1. The number of carbonyl (C=O) groups excluding carboxylic acids is 1. The highest BCUT2D eigenvalue weighted by molar-refractivity contribution is 7.22. The molecule has 0 bridgehead atoms. The zero-order valence-corrected chi connectivity index (χ0v) is 14.8. The Morgan fingerprint density at radius 1 is 1.08 bits per heavy atom. The van der Waals surface area contributed by atoms with E-state index in [-0.39, 0.29) is 12.3 Å². The van der Waals surface area contributed by atoms with E-state index in [0.29, 0.717) is 21.0 Å². The molecule has 4 aromatic rings. The Kier molecular flexibility index (Phi) is 4.44. The third-order valence-corrected chi connectivity index (χ3v) is 5.46. The van der Waals surface area contributed by atoms with Crippen molar-refractivity contribution >= 4 is 43.9 Å².